The van der Waals surface area contributed by atoms with Crippen LogP contribution in [0.15, 0.2) is 42.9 Å². The summed E-state index contributed by atoms with van der Waals surface area (Å²) in [6, 6.07) is 7.63. The van der Waals surface area contributed by atoms with E-state index in [9.17, 15) is 5.11 Å². The molecule has 1 unspecified atom stereocenters. The van der Waals surface area contributed by atoms with Crippen molar-refractivity contribution in [2.75, 3.05) is 5.32 Å². The minimum Gasteiger partial charge on any atom is -0.389 e. The molecule has 4 aromatic rings. The molecule has 29 heavy (non-hydrogen) atoms. The molecule has 2 N–H and O–H groups in total. The smallest absolute Gasteiger partial charge is 0.228 e. The first-order valence-electron chi connectivity index (χ1n) is 9.64. The molecule has 0 bridgehead atoms. The van der Waals surface area contributed by atoms with E-state index < -0.39 is 5.60 Å². The van der Waals surface area contributed by atoms with E-state index in [1.165, 1.54) is 0 Å². The molecule has 0 amide bonds. The lowest BCUT2D eigenvalue weighted by molar-refractivity contribution is 0.0350. The number of fused-ring (bicyclic) bond motifs is 1. The molecule has 0 aromatic carbocycles. The molecule has 0 aliphatic heterocycles. The summed E-state index contributed by atoms with van der Waals surface area (Å²) in [4.78, 5) is 8.89. The Morgan fingerprint density at radius 2 is 2.07 bits per heavy atom. The van der Waals surface area contributed by atoms with Gasteiger partial charge in [-0.3, -0.25) is 9.08 Å². The summed E-state index contributed by atoms with van der Waals surface area (Å²) in [5.74, 6) is 2.43. The number of rotatable bonds is 6. The fourth-order valence-corrected chi connectivity index (χ4v) is 3.58. The molecule has 9 heteroatoms. The van der Waals surface area contributed by atoms with Gasteiger partial charge in [0.1, 0.15) is 11.6 Å². The molecule has 1 fully saturated rings. The van der Waals surface area contributed by atoms with Crippen molar-refractivity contribution in [2.24, 2.45) is 13.0 Å². The van der Waals surface area contributed by atoms with E-state index in [2.05, 4.69) is 30.6 Å². The fraction of sp³-hybridized carbons (Fsp3) is 0.350. The number of nitrogens with zero attached hydrogens (tertiary/aromatic N) is 7. The largest absolute Gasteiger partial charge is 0.389 e. The van der Waals surface area contributed by atoms with Crippen molar-refractivity contribution in [1.29, 1.82) is 0 Å². The van der Waals surface area contributed by atoms with Gasteiger partial charge < -0.3 is 10.4 Å². The lowest BCUT2D eigenvalue weighted by Gasteiger charge is -2.21. The molecule has 148 valence electrons. The quantitative estimate of drug-likeness (QED) is 0.520. The lowest BCUT2D eigenvalue weighted by Crippen LogP contribution is -2.30. The third kappa shape index (κ3) is 3.44. The molecule has 0 spiro atoms. The molecule has 1 saturated carbocycles. The maximum Gasteiger partial charge on any atom is 0.228 e. The number of aliphatic hydroxyl groups is 1. The highest BCUT2D eigenvalue weighted by atomic mass is 16.3. The molecule has 0 radical (unpaired) electrons. The summed E-state index contributed by atoms with van der Waals surface area (Å²) < 4.78 is 3.65. The van der Waals surface area contributed by atoms with Crippen molar-refractivity contribution in [3.63, 3.8) is 0 Å². The van der Waals surface area contributed by atoms with E-state index >= 15 is 0 Å². The van der Waals surface area contributed by atoms with Crippen LogP contribution in [0.25, 0.3) is 16.9 Å². The molecule has 4 heterocycles. The number of pyridine rings is 1. The molecular weight excluding hydrogens is 368 g/mol. The van der Waals surface area contributed by atoms with Crippen LogP contribution in [-0.2, 0) is 13.5 Å². The average Bonchev–Trinajstić information content (AvgIpc) is 3.41. The van der Waals surface area contributed by atoms with Crippen LogP contribution in [0.5, 0.6) is 0 Å². The predicted octanol–water partition coefficient (Wildman–Crippen LogP) is 2.37. The Morgan fingerprint density at radius 1 is 1.21 bits per heavy atom. The van der Waals surface area contributed by atoms with Crippen LogP contribution in [0.1, 0.15) is 25.6 Å². The second-order valence-electron chi connectivity index (χ2n) is 7.80. The first kappa shape index (κ1) is 17.7. The summed E-state index contributed by atoms with van der Waals surface area (Å²) in [6.45, 7) is 1.89. The van der Waals surface area contributed by atoms with Gasteiger partial charge in [-0.1, -0.05) is 0 Å². The highest BCUT2D eigenvalue weighted by Gasteiger charge is 2.40. The number of anilines is 2. The SMILES string of the molecule is Cn1nccc1Nc1nccc(-c2ccn3c(CC(C)(O)C4CC4)nnc3c2)n1. The van der Waals surface area contributed by atoms with Crippen LogP contribution in [0, 0.1) is 5.92 Å². The topological polar surface area (TPSA) is 106 Å². The number of aryl methyl sites for hydroxylation is 1. The Hall–Kier alpha value is -3.33. The lowest BCUT2D eigenvalue weighted by atomic mass is 9.96. The van der Waals surface area contributed by atoms with Crippen LogP contribution in [0.4, 0.5) is 11.8 Å². The van der Waals surface area contributed by atoms with E-state index in [1.54, 1.807) is 17.1 Å². The normalized spacial score (nSPS) is 16.1. The van der Waals surface area contributed by atoms with Crippen LogP contribution in [0.3, 0.4) is 0 Å². The van der Waals surface area contributed by atoms with Gasteiger partial charge in [0.2, 0.25) is 5.95 Å². The van der Waals surface area contributed by atoms with Gasteiger partial charge >= 0.3 is 0 Å². The molecule has 1 atom stereocenters. The zero-order valence-corrected chi connectivity index (χ0v) is 16.3. The monoisotopic (exact) mass is 390 g/mol. The maximum absolute atomic E-state index is 10.7. The zero-order chi connectivity index (χ0) is 20.0. The molecule has 9 nitrogen and oxygen atoms in total. The molecule has 1 aliphatic carbocycles. The first-order chi connectivity index (χ1) is 14.0. The van der Waals surface area contributed by atoms with Crippen molar-refractivity contribution < 1.29 is 5.11 Å². The Morgan fingerprint density at radius 3 is 2.83 bits per heavy atom. The Labute approximate surface area is 167 Å². The molecule has 0 saturated heterocycles. The van der Waals surface area contributed by atoms with Crippen LogP contribution < -0.4 is 5.32 Å². The van der Waals surface area contributed by atoms with Crippen LogP contribution >= 0.6 is 0 Å². The van der Waals surface area contributed by atoms with Crippen LogP contribution in [0.2, 0.25) is 0 Å². The van der Waals surface area contributed by atoms with Gasteiger partial charge in [0.05, 0.1) is 17.5 Å². The molecule has 4 aromatic heterocycles. The van der Waals surface area contributed by atoms with E-state index in [0.29, 0.717) is 18.3 Å². The third-order valence-electron chi connectivity index (χ3n) is 5.47. The van der Waals surface area contributed by atoms with Gasteiger partial charge in [0, 0.05) is 37.5 Å². The Balaban J connectivity index is 1.42. The number of aromatic nitrogens is 7. The zero-order valence-electron chi connectivity index (χ0n) is 16.3. The summed E-state index contributed by atoms with van der Waals surface area (Å²) in [6.07, 6.45) is 8.01. The van der Waals surface area contributed by atoms with Gasteiger partial charge in [-0.25, -0.2) is 9.97 Å². The summed E-state index contributed by atoms with van der Waals surface area (Å²) in [7, 11) is 1.85. The summed E-state index contributed by atoms with van der Waals surface area (Å²) in [5.41, 5.74) is 1.69. The van der Waals surface area contributed by atoms with Crippen molar-refractivity contribution >= 4 is 17.4 Å². The number of hydrogen-bond donors (Lipinski definition) is 2. The van der Waals surface area contributed by atoms with Crippen LogP contribution in [-0.4, -0.2) is 45.1 Å². The second kappa shape index (κ2) is 6.63. The van der Waals surface area contributed by atoms with Gasteiger partial charge in [-0.15, -0.1) is 10.2 Å². The maximum atomic E-state index is 10.7. The fourth-order valence-electron chi connectivity index (χ4n) is 3.58. The highest BCUT2D eigenvalue weighted by molar-refractivity contribution is 5.65. The van der Waals surface area contributed by atoms with Gasteiger partial charge in [0.25, 0.3) is 0 Å². The Kier molecular flexibility index (Phi) is 4.06. The van der Waals surface area contributed by atoms with Gasteiger partial charge in [-0.05, 0) is 43.9 Å². The first-order valence-corrected chi connectivity index (χ1v) is 9.64. The third-order valence-corrected chi connectivity index (χ3v) is 5.47. The number of hydrogen-bond acceptors (Lipinski definition) is 7. The minimum absolute atomic E-state index is 0.362. The van der Waals surface area contributed by atoms with Crippen molar-refractivity contribution in [2.45, 2.75) is 31.8 Å². The highest BCUT2D eigenvalue weighted by Crippen LogP contribution is 2.41. The van der Waals surface area contributed by atoms with E-state index in [0.717, 1.165) is 41.4 Å². The summed E-state index contributed by atoms with van der Waals surface area (Å²) >= 11 is 0. The molecular formula is C20H22N8O. The molecule has 5 rings (SSSR count). The van der Waals surface area contributed by atoms with Gasteiger partial charge in [0.15, 0.2) is 5.65 Å². The standard InChI is InChI=1S/C20H22N8O/c1-20(29,14-3-4-14)12-18-26-25-17-11-13(7-10-28(17)18)15-5-8-21-19(23-15)24-16-6-9-22-27(16)2/h5-11,14,29H,3-4,12H2,1-2H3,(H,21,23,24). The average molecular weight is 390 g/mol. The van der Waals surface area contributed by atoms with E-state index in [-0.39, 0.29) is 0 Å². The predicted molar refractivity (Wildman–Crippen MR) is 108 cm³/mol. The van der Waals surface area contributed by atoms with Gasteiger partial charge in [-0.2, -0.15) is 5.10 Å². The van der Waals surface area contributed by atoms with E-state index in [1.807, 2.05) is 48.8 Å². The molecule has 1 aliphatic rings. The number of nitrogens with one attached hydrogen (secondary N) is 1. The van der Waals surface area contributed by atoms with Crippen molar-refractivity contribution in [3.05, 3.63) is 48.7 Å². The second-order valence-corrected chi connectivity index (χ2v) is 7.80. The summed E-state index contributed by atoms with van der Waals surface area (Å²) in [5, 5.41) is 26.6. The van der Waals surface area contributed by atoms with Crippen molar-refractivity contribution in [3.8, 4) is 11.3 Å². The van der Waals surface area contributed by atoms with E-state index in [4.69, 9.17) is 0 Å². The Bertz CT molecular complexity index is 1170. The van der Waals surface area contributed by atoms with Crippen molar-refractivity contribution in [1.82, 2.24) is 34.3 Å². The minimum atomic E-state index is -0.735.